The molecule has 51 heavy (non-hydrogen) atoms. The van der Waals surface area contributed by atoms with E-state index in [1.165, 1.54) is 109 Å². The van der Waals surface area contributed by atoms with Crippen LogP contribution in [0.3, 0.4) is 0 Å². The van der Waals surface area contributed by atoms with Crippen molar-refractivity contribution in [2.75, 3.05) is 26.4 Å². The highest BCUT2D eigenvalue weighted by atomic mass is 32.3. The van der Waals surface area contributed by atoms with Gasteiger partial charge in [0.05, 0.1) is 19.8 Å². The third-order valence-corrected chi connectivity index (χ3v) is 9.94. The Balaban J connectivity index is 2.43. The Hall–Kier alpha value is -0.900. The highest BCUT2D eigenvalue weighted by Gasteiger charge is 2.48. The van der Waals surface area contributed by atoms with E-state index in [1.54, 1.807) is 0 Å². The highest BCUT2D eigenvalue weighted by molar-refractivity contribution is 7.80. The third kappa shape index (κ3) is 25.7. The predicted octanol–water partition coefficient (Wildman–Crippen LogP) is 7.35. The van der Waals surface area contributed by atoms with Gasteiger partial charge in [-0.2, -0.15) is 8.42 Å². The molecule has 1 heterocycles. The first-order valence-corrected chi connectivity index (χ1v) is 21.7. The average molecular weight is 755 g/mol. The van der Waals surface area contributed by atoms with Gasteiger partial charge in [-0.25, -0.2) is 4.18 Å². The molecule has 12 nitrogen and oxygen atoms in total. The topological polar surface area (TPSA) is 178 Å². The van der Waals surface area contributed by atoms with Gasteiger partial charge in [0.15, 0.2) is 6.29 Å². The molecule has 1 fully saturated rings. The second-order valence-electron chi connectivity index (χ2n) is 14.2. The van der Waals surface area contributed by atoms with Gasteiger partial charge in [-0.05, 0) is 12.8 Å². The monoisotopic (exact) mass is 754 g/mol. The average Bonchev–Trinajstić information content (AvgIpc) is 3.09. The summed E-state index contributed by atoms with van der Waals surface area (Å²) in [6.45, 7) is 3.97. The minimum atomic E-state index is -5.05. The van der Waals surface area contributed by atoms with Crippen molar-refractivity contribution in [2.45, 2.75) is 211 Å². The number of esters is 1. The Morgan fingerprint density at radius 3 is 1.57 bits per heavy atom. The number of rotatable bonds is 35. The Morgan fingerprint density at radius 2 is 1.12 bits per heavy atom. The van der Waals surface area contributed by atoms with Crippen LogP contribution < -0.4 is 0 Å². The van der Waals surface area contributed by atoms with Crippen molar-refractivity contribution < 1.29 is 56.2 Å². The maximum absolute atomic E-state index is 12.8. The quantitative estimate of drug-likeness (QED) is 0.0288. The molecule has 0 spiro atoms. The van der Waals surface area contributed by atoms with E-state index in [4.69, 9.17) is 23.5 Å². The lowest BCUT2D eigenvalue weighted by atomic mass is 9.99. The van der Waals surface area contributed by atoms with Crippen molar-refractivity contribution in [3.05, 3.63) is 0 Å². The number of hydrogen-bond acceptors (Lipinski definition) is 11. The molecule has 0 aliphatic carbocycles. The molecule has 1 rings (SSSR count). The lowest BCUT2D eigenvalue weighted by Gasteiger charge is -2.41. The summed E-state index contributed by atoms with van der Waals surface area (Å²) in [6, 6.07) is 0. The van der Waals surface area contributed by atoms with Gasteiger partial charge in [0, 0.05) is 13.0 Å². The van der Waals surface area contributed by atoms with E-state index in [0.717, 1.165) is 38.5 Å². The molecule has 13 heteroatoms. The van der Waals surface area contributed by atoms with Gasteiger partial charge in [-0.15, -0.1) is 0 Å². The van der Waals surface area contributed by atoms with Crippen molar-refractivity contribution in [2.24, 2.45) is 0 Å². The van der Waals surface area contributed by atoms with Crippen LogP contribution in [0, 0.1) is 0 Å². The Morgan fingerprint density at radius 1 is 0.667 bits per heavy atom. The number of carbonyl (C=O) groups excluding carboxylic acids is 1. The first-order valence-electron chi connectivity index (χ1n) is 20.3. The second-order valence-corrected chi connectivity index (χ2v) is 15.3. The fourth-order valence-electron chi connectivity index (χ4n) is 6.38. The largest absolute Gasteiger partial charge is 0.457 e. The minimum absolute atomic E-state index is 0.0427. The molecular weight excluding hydrogens is 680 g/mol. The molecule has 0 amide bonds. The van der Waals surface area contributed by atoms with E-state index >= 15 is 0 Å². The zero-order chi connectivity index (χ0) is 37.6. The van der Waals surface area contributed by atoms with Gasteiger partial charge in [0.25, 0.3) is 0 Å². The molecular formula is C38H74O12S. The summed E-state index contributed by atoms with van der Waals surface area (Å²) in [6.07, 6.45) is 20.1. The fraction of sp³-hybridized carbons (Fsp3) is 0.974. The van der Waals surface area contributed by atoms with Crippen LogP contribution in [0.2, 0.25) is 0 Å². The summed E-state index contributed by atoms with van der Waals surface area (Å²) in [4.78, 5) is 12.8. The fourth-order valence-corrected chi connectivity index (χ4v) is 6.89. The number of ether oxygens (including phenoxy) is 4. The van der Waals surface area contributed by atoms with Crippen LogP contribution in [-0.2, 0) is 38.3 Å². The van der Waals surface area contributed by atoms with Gasteiger partial charge < -0.3 is 34.3 Å². The van der Waals surface area contributed by atoms with E-state index < -0.39 is 59.8 Å². The number of unbranched alkanes of at least 4 members (excludes halogenated alkanes) is 22. The van der Waals surface area contributed by atoms with E-state index in [-0.39, 0.29) is 19.6 Å². The number of hydrogen-bond donors (Lipinski definition) is 4. The third-order valence-electron chi connectivity index (χ3n) is 9.48. The lowest BCUT2D eigenvalue weighted by Crippen LogP contribution is -2.60. The van der Waals surface area contributed by atoms with Crippen LogP contribution in [0.15, 0.2) is 0 Å². The van der Waals surface area contributed by atoms with E-state index in [1.807, 2.05) is 0 Å². The molecule has 6 unspecified atom stereocenters. The molecule has 6 atom stereocenters. The molecule has 1 saturated heterocycles. The van der Waals surface area contributed by atoms with Gasteiger partial charge in [-0.3, -0.25) is 9.35 Å². The maximum atomic E-state index is 12.8. The van der Waals surface area contributed by atoms with Gasteiger partial charge in [-0.1, -0.05) is 155 Å². The molecule has 0 aromatic rings. The summed E-state index contributed by atoms with van der Waals surface area (Å²) in [7, 11) is -5.05. The van der Waals surface area contributed by atoms with Crippen molar-refractivity contribution in [3.8, 4) is 0 Å². The molecule has 0 radical (unpaired) electrons. The van der Waals surface area contributed by atoms with Crippen molar-refractivity contribution in [1.82, 2.24) is 0 Å². The van der Waals surface area contributed by atoms with E-state index in [2.05, 4.69) is 18.0 Å². The highest BCUT2D eigenvalue weighted by Crippen LogP contribution is 2.26. The molecule has 0 bridgehead atoms. The van der Waals surface area contributed by atoms with Crippen LogP contribution in [0.4, 0.5) is 0 Å². The molecule has 1 aliphatic heterocycles. The van der Waals surface area contributed by atoms with E-state index in [9.17, 15) is 28.5 Å². The maximum Gasteiger partial charge on any atom is 0.397 e. The Kier molecular flexibility index (Phi) is 29.7. The molecule has 0 aromatic carbocycles. The molecule has 304 valence electrons. The van der Waals surface area contributed by atoms with E-state index in [0.29, 0.717) is 13.0 Å². The smallest absolute Gasteiger partial charge is 0.397 e. The van der Waals surface area contributed by atoms with Crippen molar-refractivity contribution in [1.29, 1.82) is 0 Å². The van der Waals surface area contributed by atoms with Gasteiger partial charge >= 0.3 is 16.4 Å². The van der Waals surface area contributed by atoms with Gasteiger partial charge in [0.2, 0.25) is 0 Å². The standard InChI is InChI=1S/C38H74O12S/c1-3-5-7-9-11-13-14-15-16-17-18-19-20-21-23-25-27-34(40)48-32(30-46-28-26-24-22-12-10-8-6-4-2)31-47-38-36(42)37(50-51(43,44)45)35(41)33(29-39)49-38/h32-33,35-39,41-42H,3-31H2,1-2H3,(H,43,44,45). The second kappa shape index (κ2) is 31.5. The Bertz CT molecular complexity index is 921. The summed E-state index contributed by atoms with van der Waals surface area (Å²) in [5.41, 5.74) is 0. The van der Waals surface area contributed by atoms with Crippen molar-refractivity contribution in [3.63, 3.8) is 0 Å². The van der Waals surface area contributed by atoms with Crippen LogP contribution in [-0.4, -0.2) is 97.5 Å². The van der Waals surface area contributed by atoms with Crippen LogP contribution in [0.5, 0.6) is 0 Å². The molecule has 0 saturated carbocycles. The van der Waals surface area contributed by atoms with Crippen LogP contribution in [0.1, 0.15) is 174 Å². The first kappa shape index (κ1) is 48.1. The van der Waals surface area contributed by atoms with Crippen LogP contribution in [0.25, 0.3) is 0 Å². The minimum Gasteiger partial charge on any atom is -0.457 e. The molecule has 1 aliphatic rings. The summed E-state index contributed by atoms with van der Waals surface area (Å²) in [5, 5.41) is 30.5. The summed E-state index contributed by atoms with van der Waals surface area (Å²) < 4.78 is 58.7. The van der Waals surface area contributed by atoms with Gasteiger partial charge in [0.1, 0.15) is 30.5 Å². The Labute approximate surface area is 309 Å². The molecule has 4 N–H and O–H groups in total. The summed E-state index contributed by atoms with van der Waals surface area (Å²) in [5.74, 6) is -0.397. The summed E-state index contributed by atoms with van der Waals surface area (Å²) >= 11 is 0. The normalized spacial score (nSPS) is 21.6. The number of aliphatic hydroxyl groups excluding tert-OH is 3. The lowest BCUT2D eigenvalue weighted by molar-refractivity contribution is -0.301. The number of aliphatic hydroxyl groups is 3. The SMILES string of the molecule is CCCCCCCCCCCCCCCCCCC(=O)OC(COCCCCCCCCCC)COC1OC(CO)C(O)C(OS(=O)(=O)O)C1O. The molecule has 0 aromatic heterocycles. The van der Waals surface area contributed by atoms with Crippen molar-refractivity contribution >= 4 is 16.4 Å². The van der Waals surface area contributed by atoms with Crippen LogP contribution >= 0.6 is 0 Å². The zero-order valence-corrected chi connectivity index (χ0v) is 32.7. The zero-order valence-electron chi connectivity index (χ0n) is 31.9. The first-order chi connectivity index (χ1) is 24.6. The number of carbonyl (C=O) groups is 1. The predicted molar refractivity (Wildman–Crippen MR) is 198 cm³/mol.